The molecule has 1 aromatic rings. The zero-order chi connectivity index (χ0) is 13.8. The lowest BCUT2D eigenvalue weighted by Gasteiger charge is -2.39. The fourth-order valence-corrected chi connectivity index (χ4v) is 2.53. The molecule has 1 heterocycles. The highest BCUT2D eigenvalue weighted by molar-refractivity contribution is 6.31. The van der Waals surface area contributed by atoms with E-state index in [4.69, 9.17) is 11.6 Å². The van der Waals surface area contributed by atoms with Crippen molar-refractivity contribution >= 4 is 11.6 Å². The van der Waals surface area contributed by atoms with Crippen LogP contribution in [0.2, 0.25) is 5.02 Å². The summed E-state index contributed by atoms with van der Waals surface area (Å²) in [7, 11) is 0. The smallest absolute Gasteiger partial charge is 0.129 e. The molecule has 1 saturated heterocycles. The van der Waals surface area contributed by atoms with E-state index in [-0.39, 0.29) is 31.1 Å². The van der Waals surface area contributed by atoms with Crippen LogP contribution >= 0.6 is 11.6 Å². The van der Waals surface area contributed by atoms with E-state index in [0.29, 0.717) is 30.2 Å². The third-order valence-electron chi connectivity index (χ3n) is 3.47. The van der Waals surface area contributed by atoms with Crippen LogP contribution in [0.1, 0.15) is 5.56 Å². The summed E-state index contributed by atoms with van der Waals surface area (Å²) >= 11 is 6.02. The molecule has 0 bridgehead atoms. The Morgan fingerprint density at radius 1 is 1.37 bits per heavy atom. The summed E-state index contributed by atoms with van der Waals surface area (Å²) < 4.78 is 13.8. The highest BCUT2D eigenvalue weighted by Crippen LogP contribution is 2.22. The van der Waals surface area contributed by atoms with Gasteiger partial charge < -0.3 is 15.5 Å². The molecule has 19 heavy (non-hydrogen) atoms. The van der Waals surface area contributed by atoms with E-state index < -0.39 is 0 Å². The lowest BCUT2D eigenvalue weighted by molar-refractivity contribution is 0.0582. The van der Waals surface area contributed by atoms with E-state index in [2.05, 4.69) is 5.32 Å². The molecule has 1 aliphatic heterocycles. The van der Waals surface area contributed by atoms with Crippen molar-refractivity contribution in [3.8, 4) is 0 Å². The van der Waals surface area contributed by atoms with Crippen molar-refractivity contribution in [2.24, 2.45) is 0 Å². The van der Waals surface area contributed by atoms with Crippen LogP contribution in [-0.4, -0.2) is 53.5 Å². The van der Waals surface area contributed by atoms with Crippen LogP contribution < -0.4 is 5.32 Å². The number of benzene rings is 1. The average molecular weight is 289 g/mol. The minimum Gasteiger partial charge on any atom is -0.395 e. The Kier molecular flexibility index (Phi) is 5.13. The fourth-order valence-electron chi connectivity index (χ4n) is 2.31. The van der Waals surface area contributed by atoms with Crippen molar-refractivity contribution in [1.29, 1.82) is 0 Å². The van der Waals surface area contributed by atoms with Crippen LogP contribution in [0.4, 0.5) is 4.39 Å². The zero-order valence-electron chi connectivity index (χ0n) is 10.5. The maximum atomic E-state index is 13.8. The molecular formula is C13H18ClFN2O2. The van der Waals surface area contributed by atoms with Crippen molar-refractivity contribution in [3.63, 3.8) is 0 Å². The third kappa shape index (κ3) is 3.43. The summed E-state index contributed by atoms with van der Waals surface area (Å²) in [5.74, 6) is -0.344. The lowest BCUT2D eigenvalue weighted by Crippen LogP contribution is -2.58. The minimum atomic E-state index is -0.344. The van der Waals surface area contributed by atoms with E-state index >= 15 is 0 Å². The second kappa shape index (κ2) is 6.63. The molecule has 1 aromatic carbocycles. The molecule has 1 aliphatic rings. The van der Waals surface area contributed by atoms with E-state index in [1.807, 2.05) is 4.90 Å². The Balaban J connectivity index is 2.14. The summed E-state index contributed by atoms with van der Waals surface area (Å²) in [6.45, 7) is 1.44. The number of hydrogen-bond acceptors (Lipinski definition) is 4. The Morgan fingerprint density at radius 3 is 2.79 bits per heavy atom. The molecule has 0 radical (unpaired) electrons. The summed E-state index contributed by atoms with van der Waals surface area (Å²) in [5.41, 5.74) is 0.432. The Morgan fingerprint density at radius 2 is 2.16 bits per heavy atom. The first kappa shape index (κ1) is 14.7. The number of halogens is 2. The van der Waals surface area contributed by atoms with Gasteiger partial charge in [0.2, 0.25) is 0 Å². The van der Waals surface area contributed by atoms with E-state index in [0.717, 1.165) is 0 Å². The molecule has 0 saturated carbocycles. The Hall–Kier alpha value is -0.720. The fraction of sp³-hybridized carbons (Fsp3) is 0.538. The molecular weight excluding hydrogens is 271 g/mol. The van der Waals surface area contributed by atoms with Crippen LogP contribution in [0.15, 0.2) is 18.2 Å². The molecule has 1 fully saturated rings. The first-order valence-electron chi connectivity index (χ1n) is 6.27. The van der Waals surface area contributed by atoms with Crippen LogP contribution in [-0.2, 0) is 6.54 Å². The number of piperazine rings is 1. The predicted octanol–water partition coefficient (Wildman–Crippen LogP) is 0.606. The predicted molar refractivity (Wildman–Crippen MR) is 71.6 cm³/mol. The van der Waals surface area contributed by atoms with Crippen molar-refractivity contribution in [2.75, 3.05) is 26.3 Å². The van der Waals surface area contributed by atoms with Gasteiger partial charge in [-0.2, -0.15) is 0 Å². The molecule has 6 heteroatoms. The minimum absolute atomic E-state index is 0.0135. The molecule has 3 N–H and O–H groups in total. The SMILES string of the molecule is OCC1CN(Cc2c(F)cccc2Cl)C(CO)CN1. The van der Waals surface area contributed by atoms with E-state index in [1.54, 1.807) is 12.1 Å². The summed E-state index contributed by atoms with van der Waals surface area (Å²) in [5, 5.41) is 22.1. The summed E-state index contributed by atoms with van der Waals surface area (Å²) in [4.78, 5) is 1.95. The maximum Gasteiger partial charge on any atom is 0.129 e. The van der Waals surface area contributed by atoms with Gasteiger partial charge in [-0.25, -0.2) is 4.39 Å². The monoisotopic (exact) mass is 288 g/mol. The molecule has 0 aliphatic carbocycles. The van der Waals surface area contributed by atoms with Crippen molar-refractivity contribution < 1.29 is 14.6 Å². The van der Waals surface area contributed by atoms with Crippen molar-refractivity contribution in [3.05, 3.63) is 34.6 Å². The van der Waals surface area contributed by atoms with Gasteiger partial charge in [-0.3, -0.25) is 4.90 Å². The van der Waals surface area contributed by atoms with Gasteiger partial charge in [-0.15, -0.1) is 0 Å². The maximum absolute atomic E-state index is 13.8. The topological polar surface area (TPSA) is 55.7 Å². The van der Waals surface area contributed by atoms with Crippen LogP contribution in [0, 0.1) is 5.82 Å². The first-order valence-corrected chi connectivity index (χ1v) is 6.65. The summed E-state index contributed by atoms with van der Waals surface area (Å²) in [6.07, 6.45) is 0. The van der Waals surface area contributed by atoms with Gasteiger partial charge in [0.25, 0.3) is 0 Å². The van der Waals surface area contributed by atoms with Gasteiger partial charge in [0, 0.05) is 42.3 Å². The third-order valence-corrected chi connectivity index (χ3v) is 3.82. The zero-order valence-corrected chi connectivity index (χ0v) is 11.3. The second-order valence-corrected chi connectivity index (χ2v) is 5.16. The van der Waals surface area contributed by atoms with Crippen molar-refractivity contribution in [2.45, 2.75) is 18.6 Å². The highest BCUT2D eigenvalue weighted by Gasteiger charge is 2.28. The van der Waals surface area contributed by atoms with Gasteiger partial charge in [0.15, 0.2) is 0 Å². The molecule has 2 rings (SSSR count). The van der Waals surface area contributed by atoms with Crippen LogP contribution in [0.25, 0.3) is 0 Å². The molecule has 106 valence electrons. The number of rotatable bonds is 4. The van der Waals surface area contributed by atoms with Crippen molar-refractivity contribution in [1.82, 2.24) is 10.2 Å². The number of nitrogens with one attached hydrogen (secondary N) is 1. The second-order valence-electron chi connectivity index (χ2n) is 4.75. The molecule has 0 amide bonds. The van der Waals surface area contributed by atoms with Gasteiger partial charge in [0.05, 0.1) is 13.2 Å². The van der Waals surface area contributed by atoms with E-state index in [1.165, 1.54) is 6.07 Å². The van der Waals surface area contributed by atoms with Crippen LogP contribution in [0.5, 0.6) is 0 Å². The number of hydrogen-bond donors (Lipinski definition) is 3. The van der Waals surface area contributed by atoms with E-state index in [9.17, 15) is 14.6 Å². The largest absolute Gasteiger partial charge is 0.395 e. The molecule has 2 atom stereocenters. The van der Waals surface area contributed by atoms with Crippen LogP contribution in [0.3, 0.4) is 0 Å². The molecule has 4 nitrogen and oxygen atoms in total. The molecule has 2 unspecified atom stereocenters. The molecule has 0 aromatic heterocycles. The lowest BCUT2D eigenvalue weighted by atomic mass is 10.1. The number of aliphatic hydroxyl groups excluding tert-OH is 2. The first-order chi connectivity index (χ1) is 9.15. The number of nitrogens with zero attached hydrogens (tertiary/aromatic N) is 1. The summed E-state index contributed by atoms with van der Waals surface area (Å²) in [6, 6.07) is 4.44. The van der Waals surface area contributed by atoms with Gasteiger partial charge in [-0.05, 0) is 12.1 Å². The standard InChI is InChI=1S/C13H18ClFN2O2/c14-12-2-1-3-13(15)11(12)6-17-5-9(7-18)16-4-10(17)8-19/h1-3,9-10,16,18-19H,4-8H2. The Bertz CT molecular complexity index is 413. The average Bonchev–Trinajstić information content (AvgIpc) is 2.42. The molecule has 0 spiro atoms. The Labute approximate surface area is 116 Å². The highest BCUT2D eigenvalue weighted by atomic mass is 35.5. The van der Waals surface area contributed by atoms with Gasteiger partial charge >= 0.3 is 0 Å². The van der Waals surface area contributed by atoms with Gasteiger partial charge in [-0.1, -0.05) is 17.7 Å². The van der Waals surface area contributed by atoms with Gasteiger partial charge in [0.1, 0.15) is 5.82 Å². The quantitative estimate of drug-likeness (QED) is 0.760. The normalized spacial score (nSPS) is 24.6. The number of aliphatic hydroxyl groups is 2.